The predicted molar refractivity (Wildman–Crippen MR) is 164 cm³/mol. The standard InChI is InChI=1S/C17H27NO.C9H13N.C8H14O/c1-3-5-7-12-17(19)13-14-18(4-2)15-16-10-8-6-9-11-16;1-2-10-8-9-6-4-3-5-7-9;1-3-5-6-7-8(9)4-2/h6,8-11H,3-5,7,12-15H2,1-2H3;3-7,10H,2,8H2,1H3;4H,2-3,5-7H2,1H3. The van der Waals surface area contributed by atoms with Gasteiger partial charge in [-0.1, -0.05) is 121 Å². The number of carbonyl (C=O) groups excluding carboxylic acids is 2. The summed E-state index contributed by atoms with van der Waals surface area (Å²) >= 11 is 0. The van der Waals surface area contributed by atoms with Crippen LogP contribution in [0.5, 0.6) is 0 Å². The van der Waals surface area contributed by atoms with E-state index < -0.39 is 0 Å². The normalized spacial score (nSPS) is 10.1. The first-order valence-electron chi connectivity index (χ1n) is 14.7. The molecule has 0 spiro atoms. The molecule has 0 aliphatic carbocycles. The molecule has 4 nitrogen and oxygen atoms in total. The van der Waals surface area contributed by atoms with Crippen molar-refractivity contribution in [2.75, 3.05) is 19.6 Å². The molecule has 0 aromatic heterocycles. The molecule has 0 aliphatic rings. The highest BCUT2D eigenvalue weighted by atomic mass is 16.1. The first kappa shape index (κ1) is 35.4. The maximum atomic E-state index is 11.8. The van der Waals surface area contributed by atoms with E-state index >= 15 is 0 Å². The van der Waals surface area contributed by atoms with Gasteiger partial charge in [0.15, 0.2) is 5.78 Å². The van der Waals surface area contributed by atoms with Crippen LogP contribution in [0.15, 0.2) is 73.3 Å². The number of benzene rings is 2. The average molecular weight is 523 g/mol. The molecule has 212 valence electrons. The van der Waals surface area contributed by atoms with Crippen molar-refractivity contribution in [1.82, 2.24) is 10.2 Å². The van der Waals surface area contributed by atoms with E-state index in [1.54, 1.807) is 0 Å². The van der Waals surface area contributed by atoms with Crippen molar-refractivity contribution in [2.45, 2.75) is 98.6 Å². The van der Waals surface area contributed by atoms with Crippen molar-refractivity contribution in [3.63, 3.8) is 0 Å². The van der Waals surface area contributed by atoms with Crippen LogP contribution in [-0.4, -0.2) is 36.1 Å². The van der Waals surface area contributed by atoms with E-state index in [1.807, 2.05) is 12.1 Å². The third kappa shape index (κ3) is 21.5. The van der Waals surface area contributed by atoms with Crippen LogP contribution in [0.2, 0.25) is 0 Å². The Kier molecular flexibility index (Phi) is 24.3. The molecule has 1 N–H and O–H groups in total. The number of rotatable bonds is 18. The van der Waals surface area contributed by atoms with E-state index in [2.05, 4.69) is 93.0 Å². The Labute approximate surface area is 233 Å². The zero-order chi connectivity index (χ0) is 28.3. The Balaban J connectivity index is 0.000000604. The molecule has 0 saturated heterocycles. The molecule has 2 aromatic carbocycles. The quantitative estimate of drug-likeness (QED) is 0.158. The lowest BCUT2D eigenvalue weighted by molar-refractivity contribution is -0.119. The number of carbonyl (C=O) groups is 2. The number of hydrogen-bond acceptors (Lipinski definition) is 4. The highest BCUT2D eigenvalue weighted by Gasteiger charge is 2.07. The molecular formula is C34H54N2O2. The molecule has 0 amide bonds. The summed E-state index contributed by atoms with van der Waals surface area (Å²) in [4.78, 5) is 24.7. The maximum absolute atomic E-state index is 11.8. The van der Waals surface area contributed by atoms with Crippen LogP contribution in [-0.2, 0) is 22.7 Å². The van der Waals surface area contributed by atoms with Crippen molar-refractivity contribution >= 4 is 11.6 Å². The second-order valence-electron chi connectivity index (χ2n) is 9.49. The van der Waals surface area contributed by atoms with Gasteiger partial charge in [0, 0.05) is 38.9 Å². The van der Waals surface area contributed by atoms with Gasteiger partial charge in [-0.25, -0.2) is 0 Å². The molecule has 38 heavy (non-hydrogen) atoms. The molecule has 2 rings (SSSR count). The fraction of sp³-hybridized carbons (Fsp3) is 0.529. The van der Waals surface area contributed by atoms with Crippen LogP contribution in [0, 0.1) is 0 Å². The summed E-state index contributed by atoms with van der Waals surface area (Å²) < 4.78 is 0. The van der Waals surface area contributed by atoms with Crippen molar-refractivity contribution < 1.29 is 9.59 Å². The SMILES string of the molecule is C=CC(=O)CCCCC.CCCCCC(=O)CCN(CC)Cc1ccccc1.CCNCc1ccccc1. The number of hydrogen-bond donors (Lipinski definition) is 1. The molecule has 0 radical (unpaired) electrons. The maximum Gasteiger partial charge on any atom is 0.155 e. The number of Topliss-reactive ketones (excluding diaryl/α,β-unsaturated/α-hetero) is 1. The van der Waals surface area contributed by atoms with Gasteiger partial charge >= 0.3 is 0 Å². The molecule has 0 unspecified atom stereocenters. The fourth-order valence-corrected chi connectivity index (χ4v) is 3.69. The number of unbranched alkanes of at least 4 members (excludes halogenated alkanes) is 4. The molecule has 0 heterocycles. The monoisotopic (exact) mass is 522 g/mol. The third-order valence-corrected chi connectivity index (χ3v) is 6.14. The highest BCUT2D eigenvalue weighted by Crippen LogP contribution is 2.07. The van der Waals surface area contributed by atoms with Crippen molar-refractivity contribution in [1.29, 1.82) is 0 Å². The second kappa shape index (κ2) is 26.1. The van der Waals surface area contributed by atoms with Gasteiger partial charge in [0.1, 0.15) is 5.78 Å². The molecule has 0 atom stereocenters. The summed E-state index contributed by atoms with van der Waals surface area (Å²) in [6.45, 7) is 16.8. The molecule has 0 fully saturated rings. The summed E-state index contributed by atoms with van der Waals surface area (Å²) in [5, 5.41) is 3.26. The van der Waals surface area contributed by atoms with Crippen LogP contribution < -0.4 is 5.32 Å². The lowest BCUT2D eigenvalue weighted by atomic mass is 10.1. The van der Waals surface area contributed by atoms with Crippen molar-refractivity contribution in [3.05, 3.63) is 84.4 Å². The Bertz CT molecular complexity index is 821. The van der Waals surface area contributed by atoms with Gasteiger partial charge in [-0.2, -0.15) is 0 Å². The molecule has 0 aliphatic heterocycles. The third-order valence-electron chi connectivity index (χ3n) is 6.14. The number of allylic oxidation sites excluding steroid dienone is 1. The minimum Gasteiger partial charge on any atom is -0.313 e. The van der Waals surface area contributed by atoms with E-state index in [4.69, 9.17) is 0 Å². The van der Waals surface area contributed by atoms with Gasteiger partial charge in [0.2, 0.25) is 0 Å². The summed E-state index contributed by atoms with van der Waals surface area (Å²) in [5.74, 6) is 0.586. The van der Waals surface area contributed by atoms with Gasteiger partial charge in [-0.15, -0.1) is 0 Å². The van der Waals surface area contributed by atoms with E-state index in [0.29, 0.717) is 18.6 Å². The lowest BCUT2D eigenvalue weighted by Crippen LogP contribution is -2.25. The first-order valence-corrected chi connectivity index (χ1v) is 14.7. The Morgan fingerprint density at radius 2 is 1.32 bits per heavy atom. The predicted octanol–water partition coefficient (Wildman–Crippen LogP) is 8.17. The van der Waals surface area contributed by atoms with Crippen LogP contribution in [0.25, 0.3) is 0 Å². The molecule has 2 aromatic rings. The Hall–Kier alpha value is -2.56. The average Bonchev–Trinajstić information content (AvgIpc) is 2.96. The largest absolute Gasteiger partial charge is 0.313 e. The molecule has 4 heteroatoms. The summed E-state index contributed by atoms with van der Waals surface area (Å²) in [7, 11) is 0. The van der Waals surface area contributed by atoms with Crippen molar-refractivity contribution in [3.8, 4) is 0 Å². The Morgan fingerprint density at radius 3 is 1.82 bits per heavy atom. The smallest absolute Gasteiger partial charge is 0.155 e. The Morgan fingerprint density at radius 1 is 0.763 bits per heavy atom. The lowest BCUT2D eigenvalue weighted by Gasteiger charge is -2.20. The van der Waals surface area contributed by atoms with Gasteiger partial charge in [-0.3, -0.25) is 14.5 Å². The molecular weight excluding hydrogens is 468 g/mol. The van der Waals surface area contributed by atoms with Gasteiger partial charge in [0.05, 0.1) is 0 Å². The highest BCUT2D eigenvalue weighted by molar-refractivity contribution is 5.88. The van der Waals surface area contributed by atoms with E-state index in [0.717, 1.165) is 58.4 Å². The number of nitrogens with zero attached hydrogens (tertiary/aromatic N) is 1. The van der Waals surface area contributed by atoms with E-state index in [1.165, 1.54) is 36.5 Å². The molecule has 0 bridgehead atoms. The van der Waals surface area contributed by atoms with E-state index in [-0.39, 0.29) is 5.78 Å². The zero-order valence-corrected chi connectivity index (χ0v) is 24.7. The van der Waals surface area contributed by atoms with Crippen LogP contribution in [0.4, 0.5) is 0 Å². The first-order chi connectivity index (χ1) is 18.5. The topological polar surface area (TPSA) is 49.4 Å². The van der Waals surface area contributed by atoms with Gasteiger partial charge in [0.25, 0.3) is 0 Å². The minimum atomic E-state index is 0.170. The summed E-state index contributed by atoms with van der Waals surface area (Å²) in [6.07, 6.45) is 10.3. The zero-order valence-electron chi connectivity index (χ0n) is 24.7. The van der Waals surface area contributed by atoms with Crippen LogP contribution in [0.1, 0.15) is 96.6 Å². The fourth-order valence-electron chi connectivity index (χ4n) is 3.69. The second-order valence-corrected chi connectivity index (χ2v) is 9.49. The number of ketones is 2. The van der Waals surface area contributed by atoms with Crippen LogP contribution in [0.3, 0.4) is 0 Å². The van der Waals surface area contributed by atoms with Crippen LogP contribution >= 0.6 is 0 Å². The molecule has 0 saturated carbocycles. The summed E-state index contributed by atoms with van der Waals surface area (Å²) in [5.41, 5.74) is 2.67. The number of nitrogens with one attached hydrogen (secondary N) is 1. The van der Waals surface area contributed by atoms with Gasteiger partial charge < -0.3 is 5.32 Å². The van der Waals surface area contributed by atoms with E-state index in [9.17, 15) is 9.59 Å². The van der Waals surface area contributed by atoms with Crippen molar-refractivity contribution in [2.24, 2.45) is 0 Å². The minimum absolute atomic E-state index is 0.170. The van der Waals surface area contributed by atoms with Gasteiger partial charge in [-0.05, 0) is 43.1 Å². The summed E-state index contributed by atoms with van der Waals surface area (Å²) in [6, 6.07) is 20.9.